The Kier molecular flexibility index (Phi) is 4.58. The van der Waals surface area contributed by atoms with Gasteiger partial charge in [-0.1, -0.05) is 25.3 Å². The molecule has 0 atom stereocenters. The molecule has 0 aromatic carbocycles. The average Bonchev–Trinajstić information content (AvgIpc) is 2.83. The van der Waals surface area contributed by atoms with E-state index in [1.54, 1.807) is 11.3 Å². The summed E-state index contributed by atoms with van der Waals surface area (Å²) in [7, 11) is 0. The van der Waals surface area contributed by atoms with Crippen LogP contribution in [0.25, 0.3) is 0 Å². The normalized spacial score (nSPS) is 17.5. The lowest BCUT2D eigenvalue weighted by Gasteiger charge is -2.20. The van der Waals surface area contributed by atoms with Crippen molar-refractivity contribution in [3.63, 3.8) is 0 Å². The fourth-order valence-electron chi connectivity index (χ4n) is 2.52. The Morgan fingerprint density at radius 3 is 2.81 bits per heavy atom. The zero-order valence-electron chi connectivity index (χ0n) is 9.78. The Morgan fingerprint density at radius 1 is 1.31 bits per heavy atom. The highest BCUT2D eigenvalue weighted by Crippen LogP contribution is 2.26. The molecule has 16 heavy (non-hydrogen) atoms. The van der Waals surface area contributed by atoms with Crippen LogP contribution in [0.5, 0.6) is 0 Å². The Hall–Kier alpha value is -0.630. The number of aryl methyl sites for hydroxylation is 1. The van der Waals surface area contributed by atoms with Crippen molar-refractivity contribution in [2.75, 3.05) is 0 Å². The third-order valence-electron chi connectivity index (χ3n) is 3.49. The molecule has 1 fully saturated rings. The monoisotopic (exact) mass is 236 g/mol. The highest BCUT2D eigenvalue weighted by molar-refractivity contribution is 7.09. The van der Waals surface area contributed by atoms with Crippen molar-refractivity contribution < 1.29 is 4.79 Å². The Bertz CT molecular complexity index is 309. The molecule has 88 valence electrons. The number of ketones is 1. The molecule has 1 aliphatic carbocycles. The van der Waals surface area contributed by atoms with Crippen molar-refractivity contribution in [1.29, 1.82) is 0 Å². The van der Waals surface area contributed by atoms with Crippen LogP contribution in [-0.4, -0.2) is 5.78 Å². The van der Waals surface area contributed by atoms with Gasteiger partial charge in [-0.3, -0.25) is 4.79 Å². The minimum atomic E-state index is 0.400. The quantitative estimate of drug-likeness (QED) is 0.748. The second kappa shape index (κ2) is 6.19. The molecule has 1 aromatic rings. The van der Waals surface area contributed by atoms with Gasteiger partial charge in [0.1, 0.15) is 5.78 Å². The molecule has 0 bridgehead atoms. The van der Waals surface area contributed by atoms with Gasteiger partial charge in [-0.2, -0.15) is 0 Å². The summed E-state index contributed by atoms with van der Waals surface area (Å²) in [6.07, 6.45) is 9.08. The molecular weight excluding hydrogens is 216 g/mol. The smallest absolute Gasteiger partial charge is 0.135 e. The molecule has 1 heterocycles. The molecule has 1 aliphatic rings. The zero-order chi connectivity index (χ0) is 11.2. The fourth-order valence-corrected chi connectivity index (χ4v) is 3.27. The highest BCUT2D eigenvalue weighted by Gasteiger charge is 2.20. The summed E-state index contributed by atoms with van der Waals surface area (Å²) in [6.45, 7) is 0. The molecule has 0 N–H and O–H groups in total. The molecule has 0 saturated heterocycles. The number of hydrogen-bond acceptors (Lipinski definition) is 2. The SMILES string of the molecule is O=C(CCCc1cccs1)C1CCCCC1. The number of carbonyl (C=O) groups is 1. The first-order valence-electron chi connectivity index (χ1n) is 6.41. The maximum absolute atomic E-state index is 11.9. The molecule has 1 nitrogen and oxygen atoms in total. The summed E-state index contributed by atoms with van der Waals surface area (Å²) >= 11 is 1.80. The molecule has 1 aromatic heterocycles. The van der Waals surface area contributed by atoms with Gasteiger partial charge in [0.15, 0.2) is 0 Å². The Morgan fingerprint density at radius 2 is 2.12 bits per heavy atom. The Balaban J connectivity index is 1.67. The van der Waals surface area contributed by atoms with E-state index in [9.17, 15) is 4.79 Å². The van der Waals surface area contributed by atoms with E-state index in [0.29, 0.717) is 11.7 Å². The highest BCUT2D eigenvalue weighted by atomic mass is 32.1. The van der Waals surface area contributed by atoms with Gasteiger partial charge in [0.25, 0.3) is 0 Å². The van der Waals surface area contributed by atoms with Gasteiger partial charge in [0.2, 0.25) is 0 Å². The molecular formula is C14H20OS. The van der Waals surface area contributed by atoms with Crippen LogP contribution >= 0.6 is 11.3 Å². The average molecular weight is 236 g/mol. The van der Waals surface area contributed by atoms with Crippen LogP contribution in [0.1, 0.15) is 49.8 Å². The lowest BCUT2D eigenvalue weighted by atomic mass is 9.85. The third-order valence-corrected chi connectivity index (χ3v) is 4.42. The first kappa shape index (κ1) is 11.8. The minimum absolute atomic E-state index is 0.400. The first-order chi connectivity index (χ1) is 7.86. The number of carbonyl (C=O) groups excluding carboxylic acids is 1. The van der Waals surface area contributed by atoms with Crippen LogP contribution in [0.2, 0.25) is 0 Å². The largest absolute Gasteiger partial charge is 0.299 e. The second-order valence-electron chi connectivity index (χ2n) is 4.73. The fraction of sp³-hybridized carbons (Fsp3) is 0.643. The molecule has 2 rings (SSSR count). The summed E-state index contributed by atoms with van der Waals surface area (Å²) < 4.78 is 0. The molecule has 0 amide bonds. The van der Waals surface area contributed by atoms with Crippen LogP contribution in [-0.2, 0) is 11.2 Å². The van der Waals surface area contributed by atoms with Crippen LogP contribution in [0, 0.1) is 5.92 Å². The van der Waals surface area contributed by atoms with E-state index < -0.39 is 0 Å². The van der Waals surface area contributed by atoms with Crippen molar-refractivity contribution >= 4 is 17.1 Å². The van der Waals surface area contributed by atoms with Gasteiger partial charge in [0, 0.05) is 17.2 Å². The lowest BCUT2D eigenvalue weighted by Crippen LogP contribution is -2.17. The molecule has 0 unspecified atom stereocenters. The number of hydrogen-bond donors (Lipinski definition) is 0. The van der Waals surface area contributed by atoms with E-state index in [-0.39, 0.29) is 0 Å². The van der Waals surface area contributed by atoms with Crippen LogP contribution < -0.4 is 0 Å². The Labute approximate surface area is 102 Å². The van der Waals surface area contributed by atoms with E-state index in [1.807, 2.05) is 0 Å². The molecule has 0 radical (unpaired) electrons. The summed E-state index contributed by atoms with van der Waals surface area (Å²) in [5, 5.41) is 2.11. The minimum Gasteiger partial charge on any atom is -0.299 e. The third kappa shape index (κ3) is 3.44. The maximum atomic E-state index is 11.9. The van der Waals surface area contributed by atoms with E-state index in [1.165, 1.54) is 24.1 Å². The van der Waals surface area contributed by atoms with Gasteiger partial charge in [-0.15, -0.1) is 11.3 Å². The van der Waals surface area contributed by atoms with Crippen molar-refractivity contribution in [2.45, 2.75) is 51.4 Å². The van der Waals surface area contributed by atoms with Crippen LogP contribution in [0.3, 0.4) is 0 Å². The summed E-state index contributed by atoms with van der Waals surface area (Å²) in [4.78, 5) is 13.3. The van der Waals surface area contributed by atoms with Crippen LogP contribution in [0.15, 0.2) is 17.5 Å². The molecule has 0 aliphatic heterocycles. The summed E-state index contributed by atoms with van der Waals surface area (Å²) in [6, 6.07) is 4.25. The molecule has 1 saturated carbocycles. The van der Waals surface area contributed by atoms with Crippen molar-refractivity contribution in [3.8, 4) is 0 Å². The second-order valence-corrected chi connectivity index (χ2v) is 5.77. The van der Waals surface area contributed by atoms with Gasteiger partial charge in [-0.25, -0.2) is 0 Å². The van der Waals surface area contributed by atoms with Gasteiger partial charge >= 0.3 is 0 Å². The zero-order valence-corrected chi connectivity index (χ0v) is 10.6. The van der Waals surface area contributed by atoms with E-state index in [2.05, 4.69) is 17.5 Å². The van der Waals surface area contributed by atoms with E-state index in [0.717, 1.165) is 32.1 Å². The number of rotatable bonds is 5. The maximum Gasteiger partial charge on any atom is 0.135 e. The predicted octanol–water partition coefficient (Wildman–Crippen LogP) is 4.22. The molecule has 0 spiro atoms. The predicted molar refractivity (Wildman–Crippen MR) is 68.8 cm³/mol. The summed E-state index contributed by atoms with van der Waals surface area (Å²) in [5.74, 6) is 0.924. The van der Waals surface area contributed by atoms with E-state index >= 15 is 0 Å². The van der Waals surface area contributed by atoms with Crippen molar-refractivity contribution in [3.05, 3.63) is 22.4 Å². The number of thiophene rings is 1. The standard InChI is InChI=1S/C14H20OS/c15-14(12-6-2-1-3-7-12)10-4-8-13-9-5-11-16-13/h5,9,11-12H,1-4,6-8,10H2. The topological polar surface area (TPSA) is 17.1 Å². The van der Waals surface area contributed by atoms with Gasteiger partial charge < -0.3 is 0 Å². The van der Waals surface area contributed by atoms with Gasteiger partial charge in [-0.05, 0) is 37.1 Å². The first-order valence-corrected chi connectivity index (χ1v) is 7.29. The van der Waals surface area contributed by atoms with E-state index in [4.69, 9.17) is 0 Å². The summed E-state index contributed by atoms with van der Waals surface area (Å²) in [5.41, 5.74) is 0. The van der Waals surface area contributed by atoms with Crippen LogP contribution in [0.4, 0.5) is 0 Å². The van der Waals surface area contributed by atoms with Crippen molar-refractivity contribution in [1.82, 2.24) is 0 Å². The molecule has 2 heteroatoms. The van der Waals surface area contributed by atoms with Gasteiger partial charge in [0.05, 0.1) is 0 Å². The lowest BCUT2D eigenvalue weighted by molar-refractivity contribution is -0.123. The number of Topliss-reactive ketones (excluding diaryl/α,β-unsaturated/α-hetero) is 1. The van der Waals surface area contributed by atoms with Crippen molar-refractivity contribution in [2.24, 2.45) is 5.92 Å².